The molecular weight excluding hydrogens is 320 g/mol. The number of hydrogen-bond donors (Lipinski definition) is 1. The molecule has 1 N–H and O–H groups in total. The van der Waals surface area contributed by atoms with Gasteiger partial charge in [0.2, 0.25) is 5.91 Å². The Balaban J connectivity index is 1.64. The average molecular weight is 348 g/mol. The third-order valence-electron chi connectivity index (χ3n) is 3.86. The molecule has 0 spiro atoms. The topological polar surface area (TPSA) is 67.9 Å². The van der Waals surface area contributed by atoms with Gasteiger partial charge in [0.1, 0.15) is 12.2 Å². The van der Waals surface area contributed by atoms with Crippen molar-refractivity contribution in [1.29, 1.82) is 0 Å². The first-order valence-corrected chi connectivity index (χ1v) is 8.72. The van der Waals surface area contributed by atoms with Crippen molar-refractivity contribution in [1.82, 2.24) is 10.2 Å². The molecule has 1 aliphatic heterocycles. The normalized spacial score (nSPS) is 15.7. The molecule has 1 aromatic rings. The minimum atomic E-state index is -0.488. The van der Waals surface area contributed by atoms with Gasteiger partial charge in [0.15, 0.2) is 0 Å². The van der Waals surface area contributed by atoms with Gasteiger partial charge in [-0.2, -0.15) is 0 Å². The summed E-state index contributed by atoms with van der Waals surface area (Å²) < 4.78 is 10.8. The molecule has 1 fully saturated rings. The van der Waals surface area contributed by atoms with Crippen LogP contribution in [0.3, 0.4) is 0 Å². The van der Waals surface area contributed by atoms with E-state index in [1.54, 1.807) is 4.90 Å². The van der Waals surface area contributed by atoms with Gasteiger partial charge in [-0.25, -0.2) is 4.79 Å². The lowest BCUT2D eigenvalue weighted by Crippen LogP contribution is -2.48. The zero-order valence-corrected chi connectivity index (χ0v) is 15.3. The second-order valence-corrected chi connectivity index (χ2v) is 7.29. The fraction of sp³-hybridized carbons (Fsp3) is 0.579. The first-order chi connectivity index (χ1) is 11.8. The largest absolute Gasteiger partial charge is 0.444 e. The number of carbonyl (C=O) groups is 2. The first-order valence-electron chi connectivity index (χ1n) is 8.72. The van der Waals surface area contributed by atoms with Crippen molar-refractivity contribution in [3.63, 3.8) is 0 Å². The smallest absolute Gasteiger partial charge is 0.410 e. The molecule has 0 bridgehead atoms. The van der Waals surface area contributed by atoms with Crippen molar-refractivity contribution in [2.24, 2.45) is 0 Å². The molecule has 1 saturated heterocycles. The number of amides is 2. The van der Waals surface area contributed by atoms with Crippen LogP contribution in [0.25, 0.3) is 0 Å². The Morgan fingerprint density at radius 3 is 2.40 bits per heavy atom. The van der Waals surface area contributed by atoms with E-state index in [1.165, 1.54) is 0 Å². The highest BCUT2D eigenvalue weighted by atomic mass is 16.6. The van der Waals surface area contributed by atoms with E-state index in [0.29, 0.717) is 19.7 Å². The molecule has 6 nitrogen and oxygen atoms in total. The van der Waals surface area contributed by atoms with Gasteiger partial charge < -0.3 is 19.7 Å². The molecule has 6 heteroatoms. The molecule has 25 heavy (non-hydrogen) atoms. The number of nitrogens with zero attached hydrogens (tertiary/aromatic N) is 1. The predicted molar refractivity (Wildman–Crippen MR) is 95.1 cm³/mol. The highest BCUT2D eigenvalue weighted by Crippen LogP contribution is 2.15. The standard InChI is InChI=1S/C19H28N2O4/c1-19(2,3)25-18(23)21-11-9-16(10-12-21)20-17(22)14-24-13-15-7-5-4-6-8-15/h4-8,16H,9-14H2,1-3H3,(H,20,22). The third kappa shape index (κ3) is 7.13. The van der Waals surface area contributed by atoms with Crippen LogP contribution in [0.4, 0.5) is 4.79 Å². The van der Waals surface area contributed by atoms with Crippen molar-refractivity contribution in [2.45, 2.75) is 51.9 Å². The number of likely N-dealkylation sites (tertiary alicyclic amines) is 1. The van der Waals surface area contributed by atoms with Gasteiger partial charge in [-0.1, -0.05) is 30.3 Å². The summed E-state index contributed by atoms with van der Waals surface area (Å²) in [6.45, 7) is 7.20. The summed E-state index contributed by atoms with van der Waals surface area (Å²) in [6.07, 6.45) is 1.16. The maximum absolute atomic E-state index is 12.0. The zero-order chi connectivity index (χ0) is 18.3. The first kappa shape index (κ1) is 19.2. The van der Waals surface area contributed by atoms with Crippen LogP contribution in [0.15, 0.2) is 30.3 Å². The van der Waals surface area contributed by atoms with Crippen LogP contribution in [0, 0.1) is 0 Å². The van der Waals surface area contributed by atoms with E-state index in [2.05, 4.69) is 5.32 Å². The molecule has 0 aliphatic carbocycles. The maximum Gasteiger partial charge on any atom is 0.410 e. The fourth-order valence-corrected chi connectivity index (χ4v) is 2.64. The highest BCUT2D eigenvalue weighted by Gasteiger charge is 2.27. The van der Waals surface area contributed by atoms with Gasteiger partial charge >= 0.3 is 6.09 Å². The summed E-state index contributed by atoms with van der Waals surface area (Å²) in [5.74, 6) is -0.119. The van der Waals surface area contributed by atoms with Gasteiger partial charge in [-0.15, -0.1) is 0 Å². The summed E-state index contributed by atoms with van der Waals surface area (Å²) in [5.41, 5.74) is 0.555. The minimum absolute atomic E-state index is 0.0428. The maximum atomic E-state index is 12.0. The monoisotopic (exact) mass is 348 g/mol. The van der Waals surface area contributed by atoms with Crippen LogP contribution in [0.1, 0.15) is 39.2 Å². The highest BCUT2D eigenvalue weighted by molar-refractivity contribution is 5.77. The lowest BCUT2D eigenvalue weighted by molar-refractivity contribution is -0.127. The van der Waals surface area contributed by atoms with Gasteiger partial charge in [-0.05, 0) is 39.2 Å². The number of piperidine rings is 1. The van der Waals surface area contributed by atoms with Gasteiger partial charge in [0.05, 0.1) is 6.61 Å². The fourth-order valence-electron chi connectivity index (χ4n) is 2.64. The Bertz CT molecular complexity index is 561. The van der Waals surface area contributed by atoms with Crippen LogP contribution < -0.4 is 5.32 Å². The lowest BCUT2D eigenvalue weighted by atomic mass is 10.1. The molecule has 0 aromatic heterocycles. The number of ether oxygens (including phenoxy) is 2. The van der Waals surface area contributed by atoms with E-state index >= 15 is 0 Å². The van der Waals surface area contributed by atoms with Crippen molar-refractivity contribution in [3.8, 4) is 0 Å². The molecular formula is C19H28N2O4. The van der Waals surface area contributed by atoms with E-state index in [0.717, 1.165) is 18.4 Å². The summed E-state index contributed by atoms with van der Waals surface area (Å²) in [4.78, 5) is 25.7. The second kappa shape index (κ2) is 8.85. The number of carbonyl (C=O) groups excluding carboxylic acids is 2. The molecule has 0 atom stereocenters. The van der Waals surface area contributed by atoms with E-state index in [4.69, 9.17) is 9.47 Å². The molecule has 0 radical (unpaired) electrons. The summed E-state index contributed by atoms with van der Waals surface area (Å²) in [6, 6.07) is 9.83. The van der Waals surface area contributed by atoms with Crippen LogP contribution in [-0.4, -0.2) is 48.2 Å². The van der Waals surface area contributed by atoms with Crippen LogP contribution in [0.5, 0.6) is 0 Å². The predicted octanol–water partition coefficient (Wildman–Crippen LogP) is 2.72. The molecule has 0 unspecified atom stereocenters. The summed E-state index contributed by atoms with van der Waals surface area (Å²) in [7, 11) is 0. The van der Waals surface area contributed by atoms with Gasteiger partial charge in [0, 0.05) is 19.1 Å². The summed E-state index contributed by atoms with van der Waals surface area (Å²) >= 11 is 0. The molecule has 1 aliphatic rings. The molecule has 138 valence electrons. The summed E-state index contributed by atoms with van der Waals surface area (Å²) in [5, 5.41) is 2.97. The SMILES string of the molecule is CC(C)(C)OC(=O)N1CCC(NC(=O)COCc2ccccc2)CC1. The number of nitrogens with one attached hydrogen (secondary N) is 1. The molecule has 2 amide bonds. The Morgan fingerprint density at radius 2 is 1.80 bits per heavy atom. The second-order valence-electron chi connectivity index (χ2n) is 7.29. The van der Waals surface area contributed by atoms with E-state index in [-0.39, 0.29) is 24.6 Å². The van der Waals surface area contributed by atoms with Crippen molar-refractivity contribution < 1.29 is 19.1 Å². The molecule has 1 aromatic carbocycles. The van der Waals surface area contributed by atoms with E-state index in [1.807, 2.05) is 51.1 Å². The Kier molecular flexibility index (Phi) is 6.82. The van der Waals surface area contributed by atoms with Crippen molar-refractivity contribution >= 4 is 12.0 Å². The number of benzene rings is 1. The molecule has 1 heterocycles. The quantitative estimate of drug-likeness (QED) is 0.888. The molecule has 0 saturated carbocycles. The van der Waals surface area contributed by atoms with Crippen molar-refractivity contribution in [2.75, 3.05) is 19.7 Å². The van der Waals surface area contributed by atoms with E-state index < -0.39 is 5.60 Å². The minimum Gasteiger partial charge on any atom is -0.444 e. The Morgan fingerprint density at radius 1 is 1.16 bits per heavy atom. The Hall–Kier alpha value is -2.08. The zero-order valence-electron chi connectivity index (χ0n) is 15.3. The van der Waals surface area contributed by atoms with Crippen LogP contribution in [-0.2, 0) is 20.9 Å². The Labute approximate surface area is 149 Å². The van der Waals surface area contributed by atoms with E-state index in [9.17, 15) is 9.59 Å². The van der Waals surface area contributed by atoms with Gasteiger partial charge in [-0.3, -0.25) is 4.79 Å². The average Bonchev–Trinajstić information content (AvgIpc) is 2.55. The number of rotatable bonds is 5. The lowest BCUT2D eigenvalue weighted by Gasteiger charge is -2.33. The third-order valence-corrected chi connectivity index (χ3v) is 3.86. The van der Waals surface area contributed by atoms with Crippen LogP contribution >= 0.6 is 0 Å². The number of hydrogen-bond acceptors (Lipinski definition) is 4. The van der Waals surface area contributed by atoms with Crippen LogP contribution in [0.2, 0.25) is 0 Å². The van der Waals surface area contributed by atoms with Gasteiger partial charge in [0.25, 0.3) is 0 Å². The molecule has 2 rings (SSSR count). The van der Waals surface area contributed by atoms with Crippen molar-refractivity contribution in [3.05, 3.63) is 35.9 Å².